The van der Waals surface area contributed by atoms with Crippen molar-refractivity contribution in [3.8, 4) is 5.75 Å². The maximum atomic E-state index is 12.5. The number of ether oxygens (including phenoxy) is 1. The first-order valence-electron chi connectivity index (χ1n) is 9.19. The molecule has 6 nitrogen and oxygen atoms in total. The van der Waals surface area contributed by atoms with Gasteiger partial charge in [-0.2, -0.15) is 0 Å². The number of amides is 3. The van der Waals surface area contributed by atoms with Gasteiger partial charge < -0.3 is 20.3 Å². The van der Waals surface area contributed by atoms with Crippen LogP contribution < -0.4 is 15.4 Å². The van der Waals surface area contributed by atoms with Gasteiger partial charge in [-0.1, -0.05) is 30.9 Å². The number of urea groups is 1. The molecule has 2 rings (SSSR count). The second kappa shape index (κ2) is 9.85. The first-order chi connectivity index (χ1) is 12.5. The second-order valence-electron chi connectivity index (χ2n) is 6.63. The first kappa shape index (κ1) is 19.8. The fourth-order valence-electron chi connectivity index (χ4n) is 3.10. The van der Waals surface area contributed by atoms with Gasteiger partial charge in [0.25, 0.3) is 0 Å². The number of carbonyl (C=O) groups excluding carboxylic acids is 2. The average Bonchev–Trinajstić information content (AvgIpc) is 2.65. The van der Waals surface area contributed by atoms with Gasteiger partial charge in [0.15, 0.2) is 0 Å². The summed E-state index contributed by atoms with van der Waals surface area (Å²) in [6.45, 7) is 8.91. The van der Waals surface area contributed by atoms with E-state index in [0.717, 1.165) is 31.4 Å². The number of hydrogen-bond acceptors (Lipinski definition) is 3. The van der Waals surface area contributed by atoms with Gasteiger partial charge in [0, 0.05) is 24.7 Å². The van der Waals surface area contributed by atoms with Crippen LogP contribution in [0.1, 0.15) is 38.7 Å². The van der Waals surface area contributed by atoms with E-state index >= 15 is 0 Å². The third-order valence-electron chi connectivity index (χ3n) is 4.57. The fourth-order valence-corrected chi connectivity index (χ4v) is 3.10. The van der Waals surface area contributed by atoms with Gasteiger partial charge in [0.2, 0.25) is 5.91 Å². The van der Waals surface area contributed by atoms with Crippen LogP contribution in [0, 0.1) is 0 Å². The number of piperidine rings is 1. The van der Waals surface area contributed by atoms with Crippen molar-refractivity contribution in [2.45, 2.75) is 51.7 Å². The van der Waals surface area contributed by atoms with Gasteiger partial charge >= 0.3 is 6.03 Å². The van der Waals surface area contributed by atoms with Gasteiger partial charge in [-0.15, -0.1) is 0 Å². The number of carbonyl (C=O) groups is 2. The van der Waals surface area contributed by atoms with Crippen molar-refractivity contribution < 1.29 is 14.3 Å². The van der Waals surface area contributed by atoms with Crippen molar-refractivity contribution in [2.75, 3.05) is 13.2 Å². The van der Waals surface area contributed by atoms with Crippen molar-refractivity contribution in [2.24, 2.45) is 0 Å². The number of nitrogens with one attached hydrogen (secondary N) is 2. The van der Waals surface area contributed by atoms with Crippen LogP contribution in [0.15, 0.2) is 36.9 Å². The Balaban J connectivity index is 1.84. The van der Waals surface area contributed by atoms with Crippen LogP contribution in [-0.2, 0) is 11.3 Å². The second-order valence-corrected chi connectivity index (χ2v) is 6.63. The molecule has 1 aliphatic rings. The molecule has 0 saturated carbocycles. The van der Waals surface area contributed by atoms with Crippen molar-refractivity contribution in [1.29, 1.82) is 0 Å². The minimum absolute atomic E-state index is 0.0259. The maximum absolute atomic E-state index is 12.5. The van der Waals surface area contributed by atoms with Crippen LogP contribution in [0.2, 0.25) is 0 Å². The summed E-state index contributed by atoms with van der Waals surface area (Å²) < 4.78 is 5.58. The summed E-state index contributed by atoms with van der Waals surface area (Å²) in [6, 6.07) is 6.82. The van der Waals surface area contributed by atoms with E-state index in [-0.39, 0.29) is 18.0 Å². The lowest BCUT2D eigenvalue weighted by Crippen LogP contribution is -2.53. The number of likely N-dealkylation sites (tertiary alicyclic amines) is 1. The summed E-state index contributed by atoms with van der Waals surface area (Å²) in [7, 11) is 0. The van der Waals surface area contributed by atoms with Crippen LogP contribution in [0.25, 0.3) is 0 Å². The fraction of sp³-hybridized carbons (Fsp3) is 0.500. The van der Waals surface area contributed by atoms with E-state index in [4.69, 9.17) is 4.74 Å². The lowest BCUT2D eigenvalue weighted by atomic mass is 10.0. The van der Waals surface area contributed by atoms with E-state index in [1.165, 1.54) is 0 Å². The third-order valence-corrected chi connectivity index (χ3v) is 4.57. The van der Waals surface area contributed by atoms with Crippen molar-refractivity contribution >= 4 is 11.9 Å². The lowest BCUT2D eigenvalue weighted by Gasteiger charge is -2.35. The van der Waals surface area contributed by atoms with E-state index in [2.05, 4.69) is 24.1 Å². The van der Waals surface area contributed by atoms with Gasteiger partial charge in [0.1, 0.15) is 18.4 Å². The Labute approximate surface area is 155 Å². The van der Waals surface area contributed by atoms with Crippen LogP contribution in [0.3, 0.4) is 0 Å². The quantitative estimate of drug-likeness (QED) is 0.736. The molecule has 0 aromatic heterocycles. The monoisotopic (exact) mass is 359 g/mol. The normalized spacial score (nSPS) is 17.9. The zero-order valence-corrected chi connectivity index (χ0v) is 15.7. The highest BCUT2D eigenvalue weighted by Crippen LogP contribution is 2.18. The minimum Gasteiger partial charge on any atom is -0.489 e. The van der Waals surface area contributed by atoms with E-state index in [1.54, 1.807) is 13.0 Å². The Morgan fingerprint density at radius 1 is 1.38 bits per heavy atom. The first-order valence-corrected chi connectivity index (χ1v) is 9.19. The van der Waals surface area contributed by atoms with E-state index < -0.39 is 6.04 Å². The standard InChI is InChI=1S/C20H29N3O3/c1-4-13-26-18-11-6-5-10-17(18)14-21-20(25)22-16(3)19(24)23-12-8-7-9-15(23)2/h4-6,10-11,15-16H,1,7-9,12-14H2,2-3H3,(H2,21,22,25). The molecule has 142 valence electrons. The maximum Gasteiger partial charge on any atom is 0.315 e. The largest absolute Gasteiger partial charge is 0.489 e. The Morgan fingerprint density at radius 2 is 2.15 bits per heavy atom. The van der Waals surface area contributed by atoms with Crippen LogP contribution in [-0.4, -0.2) is 42.1 Å². The van der Waals surface area contributed by atoms with E-state index in [1.807, 2.05) is 29.2 Å². The summed E-state index contributed by atoms with van der Waals surface area (Å²) in [5.74, 6) is 0.682. The number of para-hydroxylation sites is 1. The zero-order chi connectivity index (χ0) is 18.9. The third kappa shape index (κ3) is 5.51. The van der Waals surface area contributed by atoms with E-state index in [9.17, 15) is 9.59 Å². The van der Waals surface area contributed by atoms with Crippen molar-refractivity contribution in [3.05, 3.63) is 42.5 Å². The SMILES string of the molecule is C=CCOc1ccccc1CNC(=O)NC(C)C(=O)N1CCCCC1C. The molecule has 1 aromatic rings. The molecule has 2 unspecified atom stereocenters. The number of hydrogen-bond donors (Lipinski definition) is 2. The van der Waals surface area contributed by atoms with Crippen LogP contribution in [0.5, 0.6) is 5.75 Å². The molecule has 1 saturated heterocycles. The molecule has 1 aliphatic heterocycles. The molecule has 1 aromatic carbocycles. The molecule has 1 heterocycles. The molecule has 2 N–H and O–H groups in total. The van der Waals surface area contributed by atoms with Gasteiger partial charge in [0.05, 0.1) is 0 Å². The molecule has 6 heteroatoms. The molecule has 0 spiro atoms. The number of benzene rings is 1. The Bertz CT molecular complexity index is 632. The molecular weight excluding hydrogens is 330 g/mol. The summed E-state index contributed by atoms with van der Waals surface area (Å²) in [4.78, 5) is 26.6. The minimum atomic E-state index is -0.553. The molecule has 0 radical (unpaired) electrons. The van der Waals surface area contributed by atoms with Crippen molar-refractivity contribution in [1.82, 2.24) is 15.5 Å². The molecule has 0 aliphatic carbocycles. The Morgan fingerprint density at radius 3 is 2.88 bits per heavy atom. The van der Waals surface area contributed by atoms with Gasteiger partial charge in [-0.3, -0.25) is 4.79 Å². The summed E-state index contributed by atoms with van der Waals surface area (Å²) >= 11 is 0. The van der Waals surface area contributed by atoms with Crippen molar-refractivity contribution in [3.63, 3.8) is 0 Å². The highest BCUT2D eigenvalue weighted by molar-refractivity contribution is 5.87. The van der Waals surface area contributed by atoms with Gasteiger partial charge in [-0.25, -0.2) is 4.79 Å². The smallest absolute Gasteiger partial charge is 0.315 e. The predicted molar refractivity (Wildman–Crippen MR) is 102 cm³/mol. The molecular formula is C20H29N3O3. The summed E-state index contributed by atoms with van der Waals surface area (Å²) in [5.41, 5.74) is 0.869. The number of rotatable bonds is 7. The van der Waals surface area contributed by atoms with Gasteiger partial charge in [-0.05, 0) is 39.2 Å². The Hall–Kier alpha value is -2.50. The molecule has 1 fully saturated rings. The molecule has 26 heavy (non-hydrogen) atoms. The average molecular weight is 359 g/mol. The molecule has 3 amide bonds. The predicted octanol–water partition coefficient (Wildman–Crippen LogP) is 2.84. The topological polar surface area (TPSA) is 70.7 Å². The van der Waals surface area contributed by atoms with E-state index in [0.29, 0.717) is 18.9 Å². The molecule has 2 atom stereocenters. The van der Waals surface area contributed by atoms with Crippen LogP contribution in [0.4, 0.5) is 4.79 Å². The highest BCUT2D eigenvalue weighted by atomic mass is 16.5. The molecule has 0 bridgehead atoms. The number of nitrogens with zero attached hydrogens (tertiary/aromatic N) is 1. The van der Waals surface area contributed by atoms with Crippen LogP contribution >= 0.6 is 0 Å². The lowest BCUT2D eigenvalue weighted by molar-refractivity contribution is -0.136. The highest BCUT2D eigenvalue weighted by Gasteiger charge is 2.27. The summed E-state index contributed by atoms with van der Waals surface area (Å²) in [6.07, 6.45) is 4.87. The Kier molecular flexibility index (Phi) is 7.51. The summed E-state index contributed by atoms with van der Waals surface area (Å²) in [5, 5.41) is 5.52. The zero-order valence-electron chi connectivity index (χ0n) is 15.7.